The Kier molecular flexibility index (Phi) is 9.38. The molecule has 2 unspecified atom stereocenters. The summed E-state index contributed by atoms with van der Waals surface area (Å²) in [5, 5.41) is 0. The van der Waals surface area contributed by atoms with E-state index < -0.39 is 55.4 Å². The Balaban J connectivity index is 2.45. The number of rotatable bonds is 8. The maximum absolute atomic E-state index is 11.9. The van der Waals surface area contributed by atoms with E-state index in [1.54, 1.807) is 13.1 Å². The summed E-state index contributed by atoms with van der Waals surface area (Å²) in [6.45, 7) is 7.10. The zero-order valence-electron chi connectivity index (χ0n) is 18.0. The van der Waals surface area contributed by atoms with Gasteiger partial charge in [-0.25, -0.2) is 0 Å². The maximum atomic E-state index is 11.9. The number of ether oxygens (including phenoxy) is 4. The third-order valence-corrected chi connectivity index (χ3v) is 6.31. The lowest BCUT2D eigenvalue weighted by Crippen LogP contribution is -2.62. The van der Waals surface area contributed by atoms with Gasteiger partial charge in [0.1, 0.15) is 24.3 Å². The molecule has 0 bridgehead atoms. The smallest absolute Gasteiger partial charge is 0.303 e. The second kappa shape index (κ2) is 11.3. The van der Waals surface area contributed by atoms with Crippen molar-refractivity contribution in [3.63, 3.8) is 0 Å². The van der Waals surface area contributed by atoms with Crippen molar-refractivity contribution in [3.8, 4) is 0 Å². The zero-order chi connectivity index (χ0) is 23.2. The molecule has 1 aliphatic rings. The fourth-order valence-corrected chi connectivity index (χ4v) is 5.49. The van der Waals surface area contributed by atoms with Crippen LogP contribution in [-0.4, -0.2) is 62.0 Å². The Hall–Kier alpha value is -1.59. The molecule has 1 saturated heterocycles. The van der Waals surface area contributed by atoms with E-state index in [1.165, 1.54) is 32.5 Å². The summed E-state index contributed by atoms with van der Waals surface area (Å²) in [7, 11) is -2.66. The molecule has 1 heterocycles. The van der Waals surface area contributed by atoms with Crippen LogP contribution in [0.1, 0.15) is 20.8 Å². The standard InChI is InChI=1S/C20H27ClO8SSi/c1-12(22)25-11-16-17(26-13(2)23)18(27-14(3)24)19(29-31(4,5)21)20(28-16)30-15-9-7-6-8-10-15/h6-10,16-20H,11H2,1-5H3/t16?,17-,18-,19?,20-/m0/s1. The summed E-state index contributed by atoms with van der Waals surface area (Å²) in [6, 6.07) is 9.44. The topological polar surface area (TPSA) is 97.4 Å². The van der Waals surface area contributed by atoms with Crippen molar-refractivity contribution in [1.82, 2.24) is 0 Å². The first-order valence-corrected chi connectivity index (χ1v) is 14.5. The van der Waals surface area contributed by atoms with Crippen molar-refractivity contribution in [2.24, 2.45) is 0 Å². The van der Waals surface area contributed by atoms with E-state index in [2.05, 4.69) is 0 Å². The number of halogens is 1. The highest BCUT2D eigenvalue weighted by molar-refractivity contribution is 7.99. The molecular weight excluding hydrogens is 464 g/mol. The van der Waals surface area contributed by atoms with Gasteiger partial charge in [-0.05, 0) is 25.2 Å². The van der Waals surface area contributed by atoms with Crippen molar-refractivity contribution in [2.75, 3.05) is 6.61 Å². The van der Waals surface area contributed by atoms with Gasteiger partial charge in [-0.3, -0.25) is 14.4 Å². The lowest BCUT2D eigenvalue weighted by atomic mass is 9.99. The molecule has 5 atom stereocenters. The van der Waals surface area contributed by atoms with Gasteiger partial charge in [-0.2, -0.15) is 0 Å². The highest BCUT2D eigenvalue weighted by Crippen LogP contribution is 2.38. The Morgan fingerprint density at radius 1 is 0.968 bits per heavy atom. The summed E-state index contributed by atoms with van der Waals surface area (Å²) in [5.41, 5.74) is -0.676. The lowest BCUT2D eigenvalue weighted by Gasteiger charge is -2.46. The summed E-state index contributed by atoms with van der Waals surface area (Å²) in [4.78, 5) is 36.0. The van der Waals surface area contributed by atoms with E-state index in [0.29, 0.717) is 0 Å². The Bertz CT molecular complexity index is 772. The van der Waals surface area contributed by atoms with Crippen LogP contribution in [0.4, 0.5) is 0 Å². The number of benzene rings is 1. The van der Waals surface area contributed by atoms with Crippen LogP contribution in [0.2, 0.25) is 13.1 Å². The Labute approximate surface area is 191 Å². The first kappa shape index (κ1) is 25.7. The van der Waals surface area contributed by atoms with Crippen LogP contribution in [0.5, 0.6) is 0 Å². The summed E-state index contributed by atoms with van der Waals surface area (Å²) >= 11 is 7.81. The molecule has 1 fully saturated rings. The number of hydrogen-bond donors (Lipinski definition) is 0. The minimum absolute atomic E-state index is 0.189. The van der Waals surface area contributed by atoms with Crippen LogP contribution in [0.15, 0.2) is 35.2 Å². The van der Waals surface area contributed by atoms with Gasteiger partial charge in [0.2, 0.25) is 0 Å². The summed E-state index contributed by atoms with van der Waals surface area (Å²) in [5.74, 6) is -1.70. The molecule has 8 nitrogen and oxygen atoms in total. The van der Waals surface area contributed by atoms with Crippen LogP contribution in [0, 0.1) is 0 Å². The van der Waals surface area contributed by atoms with Crippen LogP contribution in [0.25, 0.3) is 0 Å². The van der Waals surface area contributed by atoms with Gasteiger partial charge in [0.25, 0.3) is 7.63 Å². The molecule has 31 heavy (non-hydrogen) atoms. The molecule has 0 saturated carbocycles. The van der Waals surface area contributed by atoms with Crippen molar-refractivity contribution in [1.29, 1.82) is 0 Å². The van der Waals surface area contributed by atoms with Crippen molar-refractivity contribution in [3.05, 3.63) is 30.3 Å². The van der Waals surface area contributed by atoms with Crippen molar-refractivity contribution >= 4 is 48.4 Å². The maximum Gasteiger partial charge on any atom is 0.303 e. The molecule has 1 aromatic carbocycles. The minimum Gasteiger partial charge on any atom is -0.463 e. The first-order chi connectivity index (χ1) is 14.5. The second-order valence-electron chi connectivity index (χ2n) is 7.37. The third-order valence-electron chi connectivity index (χ3n) is 4.06. The van der Waals surface area contributed by atoms with Gasteiger partial charge < -0.3 is 23.4 Å². The SMILES string of the molecule is CC(=O)OCC1O[C@@H](Sc2ccccc2)C(O[Si](C)(C)Cl)[C@@H](OC(C)=O)[C@H]1OC(C)=O. The van der Waals surface area contributed by atoms with Crippen molar-refractivity contribution < 1.29 is 37.8 Å². The van der Waals surface area contributed by atoms with E-state index in [4.69, 9.17) is 34.5 Å². The monoisotopic (exact) mass is 490 g/mol. The Morgan fingerprint density at radius 2 is 1.55 bits per heavy atom. The van der Waals surface area contributed by atoms with Gasteiger partial charge in [0.05, 0.1) is 0 Å². The fraction of sp³-hybridized carbons (Fsp3) is 0.550. The molecule has 1 aromatic rings. The Morgan fingerprint density at radius 3 is 2.06 bits per heavy atom. The highest BCUT2D eigenvalue weighted by Gasteiger charge is 2.52. The number of carbonyl (C=O) groups is 3. The molecule has 2 rings (SSSR count). The average molecular weight is 491 g/mol. The quantitative estimate of drug-likeness (QED) is 0.235. The first-order valence-electron chi connectivity index (χ1n) is 9.68. The van der Waals surface area contributed by atoms with Crippen LogP contribution in [-0.2, 0) is 37.8 Å². The molecule has 0 N–H and O–H groups in total. The number of esters is 3. The predicted octanol–water partition coefficient (Wildman–Crippen LogP) is 3.26. The largest absolute Gasteiger partial charge is 0.463 e. The van der Waals surface area contributed by atoms with Gasteiger partial charge in [0.15, 0.2) is 12.2 Å². The summed E-state index contributed by atoms with van der Waals surface area (Å²) < 4.78 is 28.4. The van der Waals surface area contributed by atoms with E-state index in [-0.39, 0.29) is 6.61 Å². The van der Waals surface area contributed by atoms with Crippen LogP contribution in [0.3, 0.4) is 0 Å². The van der Waals surface area contributed by atoms with Crippen LogP contribution >= 0.6 is 22.8 Å². The normalized spacial score (nSPS) is 26.1. The third kappa shape index (κ3) is 8.45. The molecule has 0 amide bonds. The molecule has 0 aromatic heterocycles. The van der Waals surface area contributed by atoms with E-state index >= 15 is 0 Å². The molecule has 11 heteroatoms. The molecule has 1 aliphatic heterocycles. The molecule has 172 valence electrons. The molecular formula is C20H27ClO8SSi. The zero-order valence-corrected chi connectivity index (χ0v) is 20.6. The van der Waals surface area contributed by atoms with Gasteiger partial charge >= 0.3 is 17.9 Å². The average Bonchev–Trinajstić information content (AvgIpc) is 2.64. The van der Waals surface area contributed by atoms with Crippen molar-refractivity contribution in [2.45, 2.75) is 68.6 Å². The second-order valence-corrected chi connectivity index (χ2v) is 14.2. The number of hydrogen-bond acceptors (Lipinski definition) is 9. The summed E-state index contributed by atoms with van der Waals surface area (Å²) in [6.07, 6.45) is -3.77. The number of thioether (sulfide) groups is 1. The number of carbonyl (C=O) groups excluding carboxylic acids is 3. The van der Waals surface area contributed by atoms with Crippen LogP contribution < -0.4 is 0 Å². The lowest BCUT2D eigenvalue weighted by molar-refractivity contribution is -0.228. The fourth-order valence-electron chi connectivity index (χ4n) is 3.05. The van der Waals surface area contributed by atoms with Gasteiger partial charge in [-0.15, -0.1) is 11.1 Å². The molecule has 0 spiro atoms. The predicted molar refractivity (Wildman–Crippen MR) is 117 cm³/mol. The van der Waals surface area contributed by atoms with Gasteiger partial charge in [0, 0.05) is 25.7 Å². The highest BCUT2D eigenvalue weighted by atomic mass is 35.6. The molecule has 0 radical (unpaired) electrons. The van der Waals surface area contributed by atoms with E-state index in [9.17, 15) is 14.4 Å². The van der Waals surface area contributed by atoms with E-state index in [0.717, 1.165) is 4.90 Å². The molecule has 0 aliphatic carbocycles. The minimum atomic E-state index is -2.66. The van der Waals surface area contributed by atoms with E-state index in [1.807, 2.05) is 30.3 Å². The van der Waals surface area contributed by atoms with Gasteiger partial charge in [-0.1, -0.05) is 30.0 Å².